The van der Waals surface area contributed by atoms with Crippen molar-refractivity contribution in [2.75, 3.05) is 44.4 Å². The SMILES string of the molecule is O=C(Cc1cc(Cl)c2c(c1)OCCO2)NCc1ccc(N2CCOCC2)nc1. The van der Waals surface area contributed by atoms with Crippen molar-refractivity contribution < 1.29 is 19.0 Å². The summed E-state index contributed by atoms with van der Waals surface area (Å²) in [7, 11) is 0. The number of morpholine rings is 1. The first-order valence-corrected chi connectivity index (χ1v) is 9.69. The van der Waals surface area contributed by atoms with Crippen LogP contribution in [-0.2, 0) is 22.5 Å². The number of fused-ring (bicyclic) bond motifs is 1. The molecular weight excluding hydrogens is 382 g/mol. The number of carbonyl (C=O) groups is 1. The van der Waals surface area contributed by atoms with E-state index in [1.165, 1.54) is 0 Å². The van der Waals surface area contributed by atoms with Gasteiger partial charge in [-0.3, -0.25) is 4.79 Å². The minimum absolute atomic E-state index is 0.0926. The molecule has 0 unspecified atom stereocenters. The van der Waals surface area contributed by atoms with Crippen molar-refractivity contribution in [1.82, 2.24) is 10.3 Å². The Bertz CT molecular complexity index is 838. The minimum Gasteiger partial charge on any atom is -0.486 e. The highest BCUT2D eigenvalue weighted by molar-refractivity contribution is 6.32. The van der Waals surface area contributed by atoms with Crippen LogP contribution in [0.5, 0.6) is 11.5 Å². The summed E-state index contributed by atoms with van der Waals surface area (Å²) in [4.78, 5) is 19.0. The van der Waals surface area contributed by atoms with E-state index in [1.807, 2.05) is 12.1 Å². The van der Waals surface area contributed by atoms with Crippen LogP contribution >= 0.6 is 11.6 Å². The van der Waals surface area contributed by atoms with E-state index < -0.39 is 0 Å². The van der Waals surface area contributed by atoms with E-state index in [1.54, 1.807) is 18.3 Å². The first-order chi connectivity index (χ1) is 13.7. The summed E-state index contributed by atoms with van der Waals surface area (Å²) in [5.41, 5.74) is 1.73. The van der Waals surface area contributed by atoms with Crippen LogP contribution in [0, 0.1) is 0 Å². The minimum atomic E-state index is -0.0926. The van der Waals surface area contributed by atoms with Crippen molar-refractivity contribution in [3.05, 3.63) is 46.6 Å². The van der Waals surface area contributed by atoms with Crippen molar-refractivity contribution in [2.24, 2.45) is 0 Å². The number of nitrogens with zero attached hydrogens (tertiary/aromatic N) is 2. The standard InChI is InChI=1S/C20H22ClN3O4/c21-16-9-15(10-17-20(16)28-8-7-27-17)11-19(25)23-13-14-1-2-18(22-12-14)24-3-5-26-6-4-24/h1-2,9-10,12H,3-8,11,13H2,(H,23,25). The molecule has 0 atom stereocenters. The van der Waals surface area contributed by atoms with Gasteiger partial charge < -0.3 is 24.4 Å². The fourth-order valence-corrected chi connectivity index (χ4v) is 3.50. The molecule has 148 valence electrons. The average Bonchev–Trinajstić information content (AvgIpc) is 2.73. The molecule has 2 aromatic rings. The van der Waals surface area contributed by atoms with E-state index in [9.17, 15) is 4.79 Å². The Kier molecular flexibility index (Phi) is 5.83. The molecule has 3 heterocycles. The van der Waals surface area contributed by atoms with Crippen LogP contribution in [0.15, 0.2) is 30.5 Å². The normalized spacial score (nSPS) is 16.0. The quantitative estimate of drug-likeness (QED) is 0.825. The van der Waals surface area contributed by atoms with Gasteiger partial charge in [-0.25, -0.2) is 4.98 Å². The van der Waals surface area contributed by atoms with Gasteiger partial charge in [0.25, 0.3) is 0 Å². The first kappa shape index (κ1) is 18.8. The van der Waals surface area contributed by atoms with Gasteiger partial charge in [0.15, 0.2) is 11.5 Å². The number of rotatable bonds is 5. The fraction of sp³-hybridized carbons (Fsp3) is 0.400. The van der Waals surface area contributed by atoms with E-state index in [0.717, 1.165) is 43.2 Å². The second-order valence-corrected chi connectivity index (χ2v) is 7.09. The molecule has 0 aliphatic carbocycles. The van der Waals surface area contributed by atoms with Crippen molar-refractivity contribution in [2.45, 2.75) is 13.0 Å². The van der Waals surface area contributed by atoms with E-state index in [4.69, 9.17) is 25.8 Å². The van der Waals surface area contributed by atoms with Crippen LogP contribution in [0.1, 0.15) is 11.1 Å². The number of amides is 1. The highest BCUT2D eigenvalue weighted by atomic mass is 35.5. The van der Waals surface area contributed by atoms with Gasteiger partial charge in [0.1, 0.15) is 19.0 Å². The topological polar surface area (TPSA) is 72.9 Å². The summed E-state index contributed by atoms with van der Waals surface area (Å²) in [6.07, 6.45) is 2.02. The predicted molar refractivity (Wildman–Crippen MR) is 105 cm³/mol. The van der Waals surface area contributed by atoms with Gasteiger partial charge in [-0.15, -0.1) is 0 Å². The van der Waals surface area contributed by atoms with E-state index in [-0.39, 0.29) is 12.3 Å². The summed E-state index contributed by atoms with van der Waals surface area (Å²) in [5.74, 6) is 1.97. The zero-order valence-corrected chi connectivity index (χ0v) is 16.2. The second kappa shape index (κ2) is 8.67. The number of hydrogen-bond acceptors (Lipinski definition) is 6. The Morgan fingerprint density at radius 2 is 1.93 bits per heavy atom. The molecule has 4 rings (SSSR count). The van der Waals surface area contributed by atoms with Crippen molar-refractivity contribution in [3.63, 3.8) is 0 Å². The monoisotopic (exact) mass is 403 g/mol. The van der Waals surface area contributed by atoms with Crippen LogP contribution in [0.4, 0.5) is 5.82 Å². The van der Waals surface area contributed by atoms with E-state index in [0.29, 0.717) is 36.3 Å². The van der Waals surface area contributed by atoms with E-state index >= 15 is 0 Å². The number of aromatic nitrogens is 1. The Morgan fingerprint density at radius 3 is 2.71 bits per heavy atom. The molecule has 0 spiro atoms. The predicted octanol–water partition coefficient (Wildman–Crippen LogP) is 2.20. The molecule has 0 saturated carbocycles. The molecule has 8 heteroatoms. The lowest BCUT2D eigenvalue weighted by Gasteiger charge is -2.27. The van der Waals surface area contributed by atoms with Crippen molar-refractivity contribution >= 4 is 23.3 Å². The number of halogens is 1. The molecule has 1 aromatic carbocycles. The summed E-state index contributed by atoms with van der Waals surface area (Å²) < 4.78 is 16.4. The zero-order valence-electron chi connectivity index (χ0n) is 15.4. The number of ether oxygens (including phenoxy) is 3. The Labute approximate surface area is 168 Å². The lowest BCUT2D eigenvalue weighted by atomic mass is 10.1. The number of pyridine rings is 1. The van der Waals surface area contributed by atoms with Gasteiger partial charge in [0, 0.05) is 25.8 Å². The second-order valence-electron chi connectivity index (χ2n) is 6.68. The third-order valence-electron chi connectivity index (χ3n) is 4.66. The molecule has 7 nitrogen and oxygen atoms in total. The molecule has 2 aliphatic heterocycles. The third kappa shape index (κ3) is 4.48. The lowest BCUT2D eigenvalue weighted by molar-refractivity contribution is -0.120. The third-order valence-corrected chi connectivity index (χ3v) is 4.94. The molecule has 1 amide bonds. The van der Waals surface area contributed by atoms with Crippen LogP contribution in [0.25, 0.3) is 0 Å². The number of benzene rings is 1. The highest BCUT2D eigenvalue weighted by Crippen LogP contribution is 2.38. The van der Waals surface area contributed by atoms with Crippen LogP contribution in [0.3, 0.4) is 0 Å². The number of nitrogens with one attached hydrogen (secondary N) is 1. The van der Waals surface area contributed by atoms with Crippen LogP contribution in [-0.4, -0.2) is 50.4 Å². The molecule has 1 saturated heterocycles. The van der Waals surface area contributed by atoms with Gasteiger partial charge in [-0.2, -0.15) is 0 Å². The lowest BCUT2D eigenvalue weighted by Crippen LogP contribution is -2.36. The summed E-state index contributed by atoms with van der Waals surface area (Å²) in [5, 5.41) is 3.38. The maximum atomic E-state index is 12.3. The van der Waals surface area contributed by atoms with Gasteiger partial charge >= 0.3 is 0 Å². The molecule has 1 N–H and O–H groups in total. The van der Waals surface area contributed by atoms with Crippen LogP contribution in [0.2, 0.25) is 5.02 Å². The Balaban J connectivity index is 1.31. The Morgan fingerprint density at radius 1 is 1.11 bits per heavy atom. The molecule has 28 heavy (non-hydrogen) atoms. The summed E-state index contributed by atoms with van der Waals surface area (Å²) >= 11 is 6.23. The molecule has 1 fully saturated rings. The zero-order chi connectivity index (χ0) is 19.3. The van der Waals surface area contributed by atoms with Gasteiger partial charge in [-0.05, 0) is 29.3 Å². The molecule has 0 radical (unpaired) electrons. The molecule has 2 aliphatic rings. The number of anilines is 1. The molecule has 0 bridgehead atoms. The highest BCUT2D eigenvalue weighted by Gasteiger charge is 2.18. The number of carbonyl (C=O) groups excluding carboxylic acids is 1. The maximum absolute atomic E-state index is 12.3. The molecule has 1 aromatic heterocycles. The van der Waals surface area contributed by atoms with Gasteiger partial charge in [-0.1, -0.05) is 17.7 Å². The smallest absolute Gasteiger partial charge is 0.224 e. The van der Waals surface area contributed by atoms with Crippen molar-refractivity contribution in [1.29, 1.82) is 0 Å². The summed E-state index contributed by atoms with van der Waals surface area (Å²) in [6.45, 7) is 4.53. The number of hydrogen-bond donors (Lipinski definition) is 1. The Hall–Kier alpha value is -2.51. The van der Waals surface area contributed by atoms with Gasteiger partial charge in [0.2, 0.25) is 5.91 Å². The van der Waals surface area contributed by atoms with E-state index in [2.05, 4.69) is 15.2 Å². The maximum Gasteiger partial charge on any atom is 0.224 e. The first-order valence-electron chi connectivity index (χ1n) is 9.31. The fourth-order valence-electron chi connectivity index (χ4n) is 3.22. The average molecular weight is 404 g/mol. The largest absolute Gasteiger partial charge is 0.486 e. The molecular formula is C20H22ClN3O4. The van der Waals surface area contributed by atoms with Crippen molar-refractivity contribution in [3.8, 4) is 11.5 Å². The summed E-state index contributed by atoms with van der Waals surface area (Å²) in [6, 6.07) is 7.51. The van der Waals surface area contributed by atoms with Gasteiger partial charge in [0.05, 0.1) is 24.7 Å². The van der Waals surface area contributed by atoms with Crippen LogP contribution < -0.4 is 19.7 Å².